The molecule has 0 aliphatic carbocycles. The summed E-state index contributed by atoms with van der Waals surface area (Å²) in [5, 5.41) is 21.9. The van der Waals surface area contributed by atoms with Crippen molar-refractivity contribution < 1.29 is 61.4 Å². The number of hydrogen-bond acceptors (Lipinski definition) is 12. The number of phosphoric acid groups is 3. The quantitative estimate of drug-likeness (QED) is 0.202. The molecule has 194 valence electrons. The Bertz CT molecular complexity index is 1180. The summed E-state index contributed by atoms with van der Waals surface area (Å²) in [7, 11) is -16.8. The lowest BCUT2D eigenvalue weighted by Crippen LogP contribution is -2.46. The third-order valence-electron chi connectivity index (χ3n) is 4.67. The summed E-state index contributed by atoms with van der Waals surface area (Å²) in [6.45, 7) is 2.33. The average Bonchev–Trinajstić information content (AvgIpc) is 3.11. The molecule has 2 aromatic heterocycles. The number of phosphoric ester groups is 1. The van der Waals surface area contributed by atoms with E-state index in [2.05, 4.69) is 23.1 Å². The third-order valence-corrected chi connectivity index (χ3v) is 8.59. The number of quaternary nitrogens is 1. The summed E-state index contributed by atoms with van der Waals surface area (Å²) < 4.78 is 53.3. The molecule has 1 aliphatic heterocycles. The standard InChI is InChI=1S/C13H21N4O13P3.H3N/c1-6(28-32(23,24)30-33(25,26)29-31(20,21)22)8-9(18)13(2,19)12(27-8)17-4-3-7-10(14)15-5-16-11(7)17;/h3-6,8-9,12,18-19H,1-2H3,(H,23,24)(H,25,26)(H2,14,15,16)(H2,20,21,22);1H3/p+1/t6?,8-,9-,12-,13-;/m1./s1. The average molecular weight is 552 g/mol. The van der Waals surface area contributed by atoms with Crippen molar-refractivity contribution in [1.29, 1.82) is 0 Å². The van der Waals surface area contributed by atoms with Gasteiger partial charge in [-0.1, -0.05) is 0 Å². The topological polar surface area (TPSA) is 303 Å². The summed E-state index contributed by atoms with van der Waals surface area (Å²) in [5.41, 5.74) is 4.04. The first kappa shape index (κ1) is 28.9. The lowest BCUT2D eigenvalue weighted by Gasteiger charge is -2.28. The van der Waals surface area contributed by atoms with Crippen LogP contribution in [0.25, 0.3) is 11.0 Å². The van der Waals surface area contributed by atoms with Crippen LogP contribution in [-0.2, 0) is 31.6 Å². The van der Waals surface area contributed by atoms with Crippen LogP contribution in [0, 0.1) is 0 Å². The van der Waals surface area contributed by atoms with Crippen molar-refractivity contribution >= 4 is 40.3 Å². The zero-order valence-electron chi connectivity index (χ0n) is 17.8. The van der Waals surface area contributed by atoms with E-state index in [9.17, 15) is 33.7 Å². The third kappa shape index (κ3) is 6.07. The van der Waals surface area contributed by atoms with E-state index in [0.717, 1.165) is 6.92 Å². The minimum atomic E-state index is -5.73. The molecular formula is C13H25N5O13P3+. The van der Waals surface area contributed by atoms with E-state index in [1.54, 1.807) is 6.07 Å². The molecule has 12 N–H and O–H groups in total. The molecule has 1 fully saturated rings. The van der Waals surface area contributed by atoms with Gasteiger partial charge in [-0.3, -0.25) is 4.52 Å². The molecule has 2 aromatic rings. The molecule has 18 nitrogen and oxygen atoms in total. The van der Waals surface area contributed by atoms with Crippen LogP contribution in [-0.4, -0.2) is 68.2 Å². The molecule has 0 spiro atoms. The Labute approximate surface area is 191 Å². The first-order valence-electron chi connectivity index (χ1n) is 8.89. The van der Waals surface area contributed by atoms with E-state index < -0.39 is 53.6 Å². The van der Waals surface area contributed by atoms with Gasteiger partial charge in [0.1, 0.15) is 35.6 Å². The first-order valence-corrected chi connectivity index (χ1v) is 13.4. The molecule has 7 atom stereocenters. The van der Waals surface area contributed by atoms with Gasteiger partial charge in [0.2, 0.25) is 0 Å². The summed E-state index contributed by atoms with van der Waals surface area (Å²) in [5.74, 6) is 0.148. The molecule has 3 heterocycles. The maximum absolute atomic E-state index is 12.1. The lowest BCUT2D eigenvalue weighted by atomic mass is 9.94. The van der Waals surface area contributed by atoms with Crippen molar-refractivity contribution in [2.45, 2.75) is 44.0 Å². The molecule has 0 aromatic carbocycles. The van der Waals surface area contributed by atoms with Gasteiger partial charge in [-0.2, -0.15) is 8.62 Å². The number of aliphatic hydroxyl groups is 2. The van der Waals surface area contributed by atoms with E-state index in [4.69, 9.17) is 20.3 Å². The number of nitrogens with zero attached hydrogens (tertiary/aromatic N) is 3. The number of fused-ring (bicyclic) bond motifs is 1. The predicted molar refractivity (Wildman–Crippen MR) is 113 cm³/mol. The second-order valence-electron chi connectivity index (χ2n) is 7.24. The Morgan fingerprint density at radius 1 is 1.18 bits per heavy atom. The highest BCUT2D eigenvalue weighted by Crippen LogP contribution is 2.66. The predicted octanol–water partition coefficient (Wildman–Crippen LogP) is 0.131. The second-order valence-corrected chi connectivity index (χ2v) is 11.6. The fraction of sp³-hybridized carbons (Fsp3) is 0.538. The van der Waals surface area contributed by atoms with Gasteiger partial charge in [0, 0.05) is 6.20 Å². The van der Waals surface area contributed by atoms with Crippen LogP contribution < -0.4 is 11.9 Å². The highest BCUT2D eigenvalue weighted by Gasteiger charge is 2.56. The summed E-state index contributed by atoms with van der Waals surface area (Å²) in [6.07, 6.45) is -3.45. The summed E-state index contributed by atoms with van der Waals surface area (Å²) in [6, 6.07) is 1.54. The number of nitrogens with two attached hydrogens (primary N) is 1. The molecule has 1 saturated heterocycles. The summed E-state index contributed by atoms with van der Waals surface area (Å²) in [4.78, 5) is 44.0. The molecule has 21 heteroatoms. The van der Waals surface area contributed by atoms with Gasteiger partial charge in [0.15, 0.2) is 6.23 Å². The lowest BCUT2D eigenvalue weighted by molar-refractivity contribution is -0.0979. The van der Waals surface area contributed by atoms with Crippen LogP contribution in [0.5, 0.6) is 0 Å². The fourth-order valence-corrected chi connectivity index (χ4v) is 6.50. The smallest absolute Gasteiger partial charge is 0.387 e. The van der Waals surface area contributed by atoms with Crippen molar-refractivity contribution in [3.8, 4) is 0 Å². The number of aliphatic hydroxyl groups excluding tert-OH is 1. The summed E-state index contributed by atoms with van der Waals surface area (Å²) >= 11 is 0. The zero-order valence-corrected chi connectivity index (χ0v) is 20.5. The Kier molecular flexibility index (Phi) is 8.17. The highest BCUT2D eigenvalue weighted by molar-refractivity contribution is 7.66. The van der Waals surface area contributed by atoms with Gasteiger partial charge in [0.25, 0.3) is 0 Å². The van der Waals surface area contributed by atoms with Crippen LogP contribution in [0.1, 0.15) is 20.1 Å². The Hall–Kier alpha value is -1.33. The van der Waals surface area contributed by atoms with E-state index in [1.807, 2.05) is 0 Å². The van der Waals surface area contributed by atoms with Crippen LogP contribution >= 0.6 is 23.5 Å². The van der Waals surface area contributed by atoms with Crippen LogP contribution in [0.15, 0.2) is 18.6 Å². The number of rotatable bonds is 8. The minimum absolute atomic E-state index is 0. The largest absolute Gasteiger partial charge is 0.490 e. The number of nitrogen functional groups attached to an aromatic ring is 1. The van der Waals surface area contributed by atoms with Crippen molar-refractivity contribution in [1.82, 2.24) is 20.7 Å². The molecular weight excluding hydrogens is 527 g/mol. The van der Waals surface area contributed by atoms with Gasteiger partial charge in [0.05, 0.1) is 11.5 Å². The van der Waals surface area contributed by atoms with Crippen LogP contribution in [0.4, 0.5) is 5.82 Å². The molecule has 3 rings (SSSR count). The Balaban J connectivity index is 0.00000408. The Morgan fingerprint density at radius 2 is 1.79 bits per heavy atom. The first-order chi connectivity index (χ1) is 14.9. The molecule has 0 bridgehead atoms. The van der Waals surface area contributed by atoms with E-state index in [0.29, 0.717) is 5.39 Å². The second kappa shape index (κ2) is 9.61. The highest BCUT2D eigenvalue weighted by atomic mass is 31.3. The van der Waals surface area contributed by atoms with E-state index >= 15 is 0 Å². The SMILES string of the molecule is CC(OP(=O)(O)OP(=O)(O)OP(=O)(O)O)[C@H]1O[C@@H](n2ccc3c(N)ncnc32)[C@](C)(O)[C@@H]1O.[NH4+]. The van der Waals surface area contributed by atoms with Crippen molar-refractivity contribution in [3.63, 3.8) is 0 Å². The van der Waals surface area contributed by atoms with Crippen molar-refractivity contribution in [2.24, 2.45) is 0 Å². The molecule has 0 radical (unpaired) electrons. The fourth-order valence-electron chi connectivity index (χ4n) is 3.30. The number of anilines is 1. The molecule has 0 amide bonds. The van der Waals surface area contributed by atoms with Gasteiger partial charge in [-0.25, -0.2) is 23.7 Å². The maximum atomic E-state index is 12.1. The van der Waals surface area contributed by atoms with Gasteiger partial charge < -0.3 is 51.0 Å². The van der Waals surface area contributed by atoms with Gasteiger partial charge >= 0.3 is 23.5 Å². The van der Waals surface area contributed by atoms with E-state index in [-0.39, 0.29) is 17.6 Å². The number of ether oxygens (including phenoxy) is 1. The zero-order chi connectivity index (χ0) is 25.0. The van der Waals surface area contributed by atoms with Crippen LogP contribution in [0.2, 0.25) is 0 Å². The van der Waals surface area contributed by atoms with Crippen LogP contribution in [0.3, 0.4) is 0 Å². The molecule has 0 saturated carbocycles. The number of hydrogen-bond donors (Lipinski definition) is 8. The minimum Gasteiger partial charge on any atom is -0.387 e. The van der Waals surface area contributed by atoms with Gasteiger partial charge in [-0.15, -0.1) is 0 Å². The monoisotopic (exact) mass is 552 g/mol. The Morgan fingerprint density at radius 3 is 2.38 bits per heavy atom. The van der Waals surface area contributed by atoms with Gasteiger partial charge in [-0.05, 0) is 19.9 Å². The van der Waals surface area contributed by atoms with E-state index in [1.165, 1.54) is 24.0 Å². The maximum Gasteiger partial charge on any atom is 0.490 e. The van der Waals surface area contributed by atoms with Crippen molar-refractivity contribution in [2.75, 3.05) is 5.73 Å². The number of aromatic nitrogens is 3. The normalized spacial score (nSPS) is 29.8. The van der Waals surface area contributed by atoms with Crippen molar-refractivity contribution in [3.05, 3.63) is 18.6 Å². The molecule has 34 heavy (non-hydrogen) atoms. The molecule has 3 unspecified atom stereocenters. The molecule has 1 aliphatic rings.